The molecule has 0 spiro atoms. The van der Waals surface area contributed by atoms with Crippen LogP contribution in [0.2, 0.25) is 0 Å². The molecule has 24 heavy (non-hydrogen) atoms. The van der Waals surface area contributed by atoms with Crippen molar-refractivity contribution in [2.45, 2.75) is 17.6 Å². The molecular formula is C14H9F6NO2S. The minimum absolute atomic E-state index is 0.193. The van der Waals surface area contributed by atoms with Gasteiger partial charge in [0.05, 0.1) is 10.5 Å². The number of alkyl halides is 3. The van der Waals surface area contributed by atoms with Crippen molar-refractivity contribution >= 4 is 10.0 Å². The zero-order valence-electron chi connectivity index (χ0n) is 11.7. The maximum absolute atomic E-state index is 13.0. The first kappa shape index (κ1) is 18.3. The van der Waals surface area contributed by atoms with Crippen molar-refractivity contribution in [1.82, 2.24) is 4.72 Å². The maximum Gasteiger partial charge on any atom is 0.416 e. The van der Waals surface area contributed by atoms with Gasteiger partial charge in [-0.2, -0.15) is 13.2 Å². The van der Waals surface area contributed by atoms with Gasteiger partial charge in [-0.05, 0) is 42.0 Å². The molecule has 10 heteroatoms. The second kappa shape index (κ2) is 6.44. The second-order valence-electron chi connectivity index (χ2n) is 4.72. The number of hydrogen-bond donors (Lipinski definition) is 1. The van der Waals surface area contributed by atoms with E-state index in [2.05, 4.69) is 0 Å². The molecule has 0 bridgehead atoms. The van der Waals surface area contributed by atoms with Crippen LogP contribution in [0.1, 0.15) is 11.1 Å². The predicted octanol–water partition coefficient (Wildman–Crippen LogP) is 3.60. The maximum atomic E-state index is 13.0. The quantitative estimate of drug-likeness (QED) is 0.661. The molecule has 2 aromatic rings. The number of nitrogens with one attached hydrogen (secondary N) is 1. The van der Waals surface area contributed by atoms with Crippen molar-refractivity contribution in [1.29, 1.82) is 0 Å². The van der Waals surface area contributed by atoms with Crippen molar-refractivity contribution in [3.8, 4) is 0 Å². The zero-order chi connectivity index (χ0) is 18.1. The summed E-state index contributed by atoms with van der Waals surface area (Å²) in [5.41, 5.74) is -1.22. The molecule has 0 saturated heterocycles. The van der Waals surface area contributed by atoms with Gasteiger partial charge in [0.2, 0.25) is 10.0 Å². The van der Waals surface area contributed by atoms with E-state index < -0.39 is 50.7 Å². The number of rotatable bonds is 4. The van der Waals surface area contributed by atoms with Crippen LogP contribution in [0.4, 0.5) is 26.3 Å². The first-order chi connectivity index (χ1) is 11.0. The fourth-order valence-electron chi connectivity index (χ4n) is 1.79. The van der Waals surface area contributed by atoms with E-state index in [1.54, 1.807) is 0 Å². The second-order valence-corrected chi connectivity index (χ2v) is 6.49. The molecule has 0 aromatic heterocycles. The smallest absolute Gasteiger partial charge is 0.207 e. The van der Waals surface area contributed by atoms with Gasteiger partial charge < -0.3 is 0 Å². The van der Waals surface area contributed by atoms with Crippen LogP contribution >= 0.6 is 0 Å². The van der Waals surface area contributed by atoms with Gasteiger partial charge in [0.1, 0.15) is 0 Å². The highest BCUT2D eigenvalue weighted by atomic mass is 32.2. The lowest BCUT2D eigenvalue weighted by molar-refractivity contribution is -0.137. The molecule has 1 N–H and O–H groups in total. The van der Waals surface area contributed by atoms with E-state index in [0.717, 1.165) is 12.1 Å². The topological polar surface area (TPSA) is 46.2 Å². The molecule has 0 atom stereocenters. The average Bonchev–Trinajstić information content (AvgIpc) is 2.50. The summed E-state index contributed by atoms with van der Waals surface area (Å²) in [6.45, 7) is -0.572. The molecule has 0 unspecified atom stereocenters. The first-order valence-electron chi connectivity index (χ1n) is 6.31. The highest BCUT2D eigenvalue weighted by molar-refractivity contribution is 7.89. The number of hydrogen-bond acceptors (Lipinski definition) is 2. The SMILES string of the molecule is O=S(=O)(NCc1cc(F)c(F)c(F)c1)c1ccc(C(F)(F)F)cc1. The van der Waals surface area contributed by atoms with Crippen LogP contribution in [0, 0.1) is 17.5 Å². The van der Waals surface area contributed by atoms with E-state index in [0.29, 0.717) is 24.3 Å². The lowest BCUT2D eigenvalue weighted by atomic mass is 10.2. The van der Waals surface area contributed by atoms with Crippen LogP contribution in [-0.4, -0.2) is 8.42 Å². The molecule has 0 saturated carbocycles. The Kier molecular flexibility index (Phi) is 4.90. The number of benzene rings is 2. The Balaban J connectivity index is 2.17. The number of sulfonamides is 1. The summed E-state index contributed by atoms with van der Waals surface area (Å²) < 4.78 is 102. The Labute approximate surface area is 133 Å². The standard InChI is InChI=1S/C14H9F6NO2S/c15-11-5-8(6-12(16)13(11)17)7-21-24(22,23)10-3-1-9(2-4-10)14(18,19)20/h1-6,21H,7H2. The minimum Gasteiger partial charge on any atom is -0.207 e. The molecule has 0 aliphatic heterocycles. The van der Waals surface area contributed by atoms with Gasteiger partial charge in [-0.15, -0.1) is 0 Å². The lowest BCUT2D eigenvalue weighted by Crippen LogP contribution is -2.23. The monoisotopic (exact) mass is 369 g/mol. The van der Waals surface area contributed by atoms with Gasteiger partial charge in [-0.3, -0.25) is 0 Å². The van der Waals surface area contributed by atoms with Crippen LogP contribution < -0.4 is 4.72 Å². The van der Waals surface area contributed by atoms with Gasteiger partial charge in [0.25, 0.3) is 0 Å². The van der Waals surface area contributed by atoms with Crippen molar-refractivity contribution in [3.05, 3.63) is 65.0 Å². The summed E-state index contributed by atoms with van der Waals surface area (Å²) >= 11 is 0. The normalized spacial score (nSPS) is 12.4. The Morgan fingerprint density at radius 2 is 1.42 bits per heavy atom. The Bertz CT molecular complexity index is 824. The Morgan fingerprint density at radius 3 is 1.88 bits per heavy atom. The van der Waals surface area contributed by atoms with Crippen LogP contribution in [0.25, 0.3) is 0 Å². The highest BCUT2D eigenvalue weighted by Crippen LogP contribution is 2.29. The zero-order valence-corrected chi connectivity index (χ0v) is 12.5. The average molecular weight is 369 g/mol. The number of halogens is 6. The highest BCUT2D eigenvalue weighted by Gasteiger charge is 2.30. The molecule has 2 rings (SSSR count). The predicted molar refractivity (Wildman–Crippen MR) is 71.8 cm³/mol. The van der Waals surface area contributed by atoms with Crippen molar-refractivity contribution in [2.24, 2.45) is 0 Å². The summed E-state index contributed by atoms with van der Waals surface area (Å²) in [5.74, 6) is -4.66. The fraction of sp³-hybridized carbons (Fsp3) is 0.143. The van der Waals surface area contributed by atoms with Gasteiger partial charge in [0, 0.05) is 6.54 Å². The Hall–Kier alpha value is -2.07. The molecule has 0 amide bonds. The molecule has 0 radical (unpaired) electrons. The van der Waals surface area contributed by atoms with Crippen LogP contribution in [0.3, 0.4) is 0 Å². The molecular weight excluding hydrogens is 360 g/mol. The largest absolute Gasteiger partial charge is 0.416 e. The summed E-state index contributed by atoms with van der Waals surface area (Å²) in [6.07, 6.45) is -4.61. The third-order valence-corrected chi connectivity index (χ3v) is 4.42. The van der Waals surface area contributed by atoms with Crippen LogP contribution in [0.5, 0.6) is 0 Å². The molecule has 130 valence electrons. The molecule has 0 aliphatic rings. The van der Waals surface area contributed by atoms with Crippen LogP contribution in [0.15, 0.2) is 41.3 Å². The van der Waals surface area contributed by atoms with E-state index in [4.69, 9.17) is 0 Å². The van der Waals surface area contributed by atoms with Crippen molar-refractivity contribution in [2.75, 3.05) is 0 Å². The lowest BCUT2D eigenvalue weighted by Gasteiger charge is -2.10. The summed E-state index contributed by atoms with van der Waals surface area (Å²) in [7, 11) is -4.21. The van der Waals surface area contributed by atoms with E-state index in [1.807, 2.05) is 4.72 Å². The molecule has 0 aliphatic carbocycles. The third-order valence-electron chi connectivity index (χ3n) is 3.00. The molecule has 2 aromatic carbocycles. The summed E-state index contributed by atoms with van der Waals surface area (Å²) in [4.78, 5) is -0.460. The van der Waals surface area contributed by atoms with E-state index in [-0.39, 0.29) is 5.56 Å². The summed E-state index contributed by atoms with van der Waals surface area (Å²) in [6, 6.07) is 3.88. The van der Waals surface area contributed by atoms with Crippen LogP contribution in [-0.2, 0) is 22.7 Å². The van der Waals surface area contributed by atoms with E-state index >= 15 is 0 Å². The van der Waals surface area contributed by atoms with E-state index in [1.165, 1.54) is 0 Å². The van der Waals surface area contributed by atoms with Crippen molar-refractivity contribution < 1.29 is 34.8 Å². The third kappa shape index (κ3) is 4.06. The molecule has 0 fully saturated rings. The Morgan fingerprint density at radius 1 is 0.917 bits per heavy atom. The summed E-state index contributed by atoms with van der Waals surface area (Å²) in [5, 5.41) is 0. The van der Waals surface area contributed by atoms with Gasteiger partial charge in [-0.25, -0.2) is 26.3 Å². The minimum atomic E-state index is -4.61. The van der Waals surface area contributed by atoms with Gasteiger partial charge in [0.15, 0.2) is 17.5 Å². The fourth-order valence-corrected chi connectivity index (χ4v) is 2.81. The van der Waals surface area contributed by atoms with Crippen molar-refractivity contribution in [3.63, 3.8) is 0 Å². The van der Waals surface area contributed by atoms with Gasteiger partial charge >= 0.3 is 6.18 Å². The first-order valence-corrected chi connectivity index (χ1v) is 7.79. The van der Waals surface area contributed by atoms with E-state index in [9.17, 15) is 34.8 Å². The molecule has 3 nitrogen and oxygen atoms in total. The van der Waals surface area contributed by atoms with Gasteiger partial charge in [-0.1, -0.05) is 0 Å². The molecule has 0 heterocycles.